The highest BCUT2D eigenvalue weighted by Gasteiger charge is 2.13. The van der Waals surface area contributed by atoms with Crippen molar-refractivity contribution in [1.29, 1.82) is 0 Å². The van der Waals surface area contributed by atoms with E-state index in [2.05, 4.69) is 31.4 Å². The Balaban J connectivity index is 2.25. The number of nitrogens with zero attached hydrogens (tertiary/aromatic N) is 3. The number of non-ortho nitro benzene ring substituents is 1. The van der Waals surface area contributed by atoms with Crippen LogP contribution in [0.25, 0.3) is 0 Å². The van der Waals surface area contributed by atoms with Gasteiger partial charge in [0.05, 0.1) is 11.1 Å². The van der Waals surface area contributed by atoms with Gasteiger partial charge in [0.15, 0.2) is 0 Å². The molecule has 8 heteroatoms. The molecule has 0 unspecified atom stereocenters. The van der Waals surface area contributed by atoms with Crippen molar-refractivity contribution in [3.63, 3.8) is 0 Å². The zero-order chi connectivity index (χ0) is 19.1. The van der Waals surface area contributed by atoms with Crippen molar-refractivity contribution in [1.82, 2.24) is 5.43 Å². The summed E-state index contributed by atoms with van der Waals surface area (Å²) in [5.41, 5.74) is 4.27. The summed E-state index contributed by atoms with van der Waals surface area (Å²) in [6.07, 6.45) is 1.43. The topological polar surface area (TPSA) is 87.8 Å². The molecule has 0 radical (unpaired) electrons. The minimum absolute atomic E-state index is 0.0272. The normalized spacial score (nSPS) is 10.7. The number of carbonyl (C=O) groups excluding carboxylic acids is 1. The second-order valence-electron chi connectivity index (χ2n) is 5.38. The van der Waals surface area contributed by atoms with Crippen molar-refractivity contribution in [2.45, 2.75) is 13.8 Å². The summed E-state index contributed by atoms with van der Waals surface area (Å²) in [7, 11) is 0. The Labute approximate surface area is 160 Å². The van der Waals surface area contributed by atoms with Crippen molar-refractivity contribution in [3.05, 3.63) is 68.2 Å². The molecule has 7 nitrogen and oxygen atoms in total. The number of amides is 1. The van der Waals surface area contributed by atoms with Crippen molar-refractivity contribution >= 4 is 39.4 Å². The lowest BCUT2D eigenvalue weighted by atomic mass is 10.1. The predicted octanol–water partition coefficient (Wildman–Crippen LogP) is 3.97. The smallest absolute Gasteiger partial charge is 0.271 e. The number of nitrogens with one attached hydrogen (secondary N) is 1. The first-order valence-corrected chi connectivity index (χ1v) is 8.88. The quantitative estimate of drug-likeness (QED) is 0.418. The number of halogens is 1. The molecule has 2 aromatic rings. The Morgan fingerprint density at radius 3 is 2.62 bits per heavy atom. The first-order valence-electron chi connectivity index (χ1n) is 8.08. The van der Waals surface area contributed by atoms with Crippen LogP contribution in [0.15, 0.2) is 52.0 Å². The number of rotatable bonds is 7. The van der Waals surface area contributed by atoms with Gasteiger partial charge >= 0.3 is 0 Å². The number of benzene rings is 2. The Morgan fingerprint density at radius 2 is 2.00 bits per heavy atom. The van der Waals surface area contributed by atoms with E-state index in [1.54, 1.807) is 24.3 Å². The number of hydrazone groups is 1. The van der Waals surface area contributed by atoms with Crippen molar-refractivity contribution in [2.75, 3.05) is 18.0 Å². The van der Waals surface area contributed by atoms with Gasteiger partial charge in [-0.2, -0.15) is 5.10 Å². The number of anilines is 1. The van der Waals surface area contributed by atoms with Gasteiger partial charge in [-0.05, 0) is 38.1 Å². The van der Waals surface area contributed by atoms with E-state index in [1.807, 2.05) is 19.9 Å². The Morgan fingerprint density at radius 1 is 1.27 bits per heavy atom. The van der Waals surface area contributed by atoms with Gasteiger partial charge in [0.1, 0.15) is 0 Å². The van der Waals surface area contributed by atoms with Gasteiger partial charge < -0.3 is 4.90 Å². The molecule has 0 spiro atoms. The van der Waals surface area contributed by atoms with E-state index in [9.17, 15) is 14.9 Å². The van der Waals surface area contributed by atoms with E-state index in [0.717, 1.165) is 23.2 Å². The number of nitro benzene ring substituents is 1. The number of hydrogen-bond acceptors (Lipinski definition) is 5. The second-order valence-corrected chi connectivity index (χ2v) is 6.30. The highest BCUT2D eigenvalue weighted by molar-refractivity contribution is 9.10. The van der Waals surface area contributed by atoms with E-state index < -0.39 is 4.92 Å². The van der Waals surface area contributed by atoms with E-state index in [0.29, 0.717) is 11.1 Å². The van der Waals surface area contributed by atoms with Gasteiger partial charge in [0.2, 0.25) is 0 Å². The molecule has 0 aliphatic carbocycles. The summed E-state index contributed by atoms with van der Waals surface area (Å²) < 4.78 is 0.789. The molecular weight excluding hydrogens is 400 g/mol. The molecule has 0 aliphatic heterocycles. The molecule has 0 bridgehead atoms. The van der Waals surface area contributed by atoms with Crippen LogP contribution in [0, 0.1) is 10.1 Å². The largest absolute Gasteiger partial charge is 0.372 e. The third-order valence-corrected chi connectivity index (χ3v) is 4.28. The molecule has 0 aromatic heterocycles. The third-order valence-electron chi connectivity index (χ3n) is 3.78. The van der Waals surface area contributed by atoms with Crippen LogP contribution in [0.5, 0.6) is 0 Å². The standard InChI is InChI=1S/C18H19BrN4O3/c1-3-22(4-2)17-9-8-16(23(25)26)11-14(17)12-20-21-18(24)13-6-5-7-15(19)10-13/h5-12H,3-4H2,1-2H3,(H,21,24)/b20-12-. The van der Waals surface area contributed by atoms with Gasteiger partial charge in [-0.3, -0.25) is 14.9 Å². The van der Waals surface area contributed by atoms with Gasteiger partial charge in [0.25, 0.3) is 11.6 Å². The molecular formula is C18H19BrN4O3. The van der Waals surface area contributed by atoms with Crippen LogP contribution in [-0.4, -0.2) is 30.1 Å². The first kappa shape index (κ1) is 19.6. The molecule has 1 amide bonds. The third kappa shape index (κ3) is 4.89. The van der Waals surface area contributed by atoms with Crippen LogP contribution in [0.4, 0.5) is 11.4 Å². The fourth-order valence-electron chi connectivity index (χ4n) is 2.47. The average molecular weight is 419 g/mol. The monoisotopic (exact) mass is 418 g/mol. The van der Waals surface area contributed by atoms with E-state index in [-0.39, 0.29) is 11.6 Å². The molecule has 0 saturated heterocycles. The summed E-state index contributed by atoms with van der Waals surface area (Å²) in [6.45, 7) is 5.50. The molecule has 0 fully saturated rings. The zero-order valence-electron chi connectivity index (χ0n) is 14.5. The summed E-state index contributed by atoms with van der Waals surface area (Å²) in [5, 5.41) is 15.0. The molecule has 1 N–H and O–H groups in total. The van der Waals surface area contributed by atoms with E-state index in [1.165, 1.54) is 18.3 Å². The van der Waals surface area contributed by atoms with E-state index in [4.69, 9.17) is 0 Å². The minimum atomic E-state index is -0.455. The minimum Gasteiger partial charge on any atom is -0.372 e. The molecule has 26 heavy (non-hydrogen) atoms. The molecule has 0 aliphatic rings. The van der Waals surface area contributed by atoms with Gasteiger partial charge in [0, 0.05) is 46.5 Å². The molecule has 0 atom stereocenters. The zero-order valence-corrected chi connectivity index (χ0v) is 16.1. The van der Waals surface area contributed by atoms with Crippen molar-refractivity contribution in [3.8, 4) is 0 Å². The lowest BCUT2D eigenvalue weighted by molar-refractivity contribution is -0.384. The highest BCUT2D eigenvalue weighted by Crippen LogP contribution is 2.24. The van der Waals surface area contributed by atoms with Crippen LogP contribution < -0.4 is 10.3 Å². The highest BCUT2D eigenvalue weighted by atomic mass is 79.9. The summed E-state index contributed by atoms with van der Waals surface area (Å²) in [5.74, 6) is -0.364. The maximum absolute atomic E-state index is 12.1. The number of nitro groups is 1. The molecule has 0 saturated carbocycles. The van der Waals surface area contributed by atoms with Crippen LogP contribution in [0.2, 0.25) is 0 Å². The van der Waals surface area contributed by atoms with Crippen LogP contribution >= 0.6 is 15.9 Å². The van der Waals surface area contributed by atoms with E-state index >= 15 is 0 Å². The summed E-state index contributed by atoms with van der Waals surface area (Å²) in [4.78, 5) is 24.8. The Hall–Kier alpha value is -2.74. The van der Waals surface area contributed by atoms with Gasteiger partial charge in [-0.25, -0.2) is 5.43 Å². The fourth-order valence-corrected chi connectivity index (χ4v) is 2.87. The maximum atomic E-state index is 12.1. The first-order chi connectivity index (χ1) is 12.5. The molecule has 2 rings (SSSR count). The Bertz CT molecular complexity index is 835. The Kier molecular flexibility index (Phi) is 6.85. The fraction of sp³-hybridized carbons (Fsp3) is 0.222. The lowest BCUT2D eigenvalue weighted by Crippen LogP contribution is -2.23. The predicted molar refractivity (Wildman–Crippen MR) is 106 cm³/mol. The van der Waals surface area contributed by atoms with Crippen LogP contribution in [0.3, 0.4) is 0 Å². The average Bonchev–Trinajstić information content (AvgIpc) is 2.63. The molecule has 0 heterocycles. The SMILES string of the molecule is CCN(CC)c1ccc([N+](=O)[O-])cc1/C=N\NC(=O)c1cccc(Br)c1. The maximum Gasteiger partial charge on any atom is 0.271 e. The lowest BCUT2D eigenvalue weighted by Gasteiger charge is -2.22. The van der Waals surface area contributed by atoms with Gasteiger partial charge in [-0.15, -0.1) is 0 Å². The molecule has 136 valence electrons. The van der Waals surface area contributed by atoms with Crippen molar-refractivity contribution in [2.24, 2.45) is 5.10 Å². The van der Waals surface area contributed by atoms with Gasteiger partial charge in [-0.1, -0.05) is 22.0 Å². The van der Waals surface area contributed by atoms with Crippen molar-refractivity contribution < 1.29 is 9.72 Å². The second kappa shape index (κ2) is 9.10. The van der Waals surface area contributed by atoms with Crippen LogP contribution in [0.1, 0.15) is 29.8 Å². The summed E-state index contributed by atoms with van der Waals surface area (Å²) in [6, 6.07) is 11.5. The number of carbonyl (C=O) groups is 1. The summed E-state index contributed by atoms with van der Waals surface area (Å²) >= 11 is 3.31. The van der Waals surface area contributed by atoms with Crippen LogP contribution in [-0.2, 0) is 0 Å². The number of hydrogen-bond donors (Lipinski definition) is 1. The molecule has 2 aromatic carbocycles.